The highest BCUT2D eigenvalue weighted by Gasteiger charge is 2.26. The Bertz CT molecular complexity index is 857. The molecule has 0 unspecified atom stereocenters. The van der Waals surface area contributed by atoms with E-state index in [2.05, 4.69) is 15.2 Å². The number of benzene rings is 2. The highest BCUT2D eigenvalue weighted by Crippen LogP contribution is 2.27. The van der Waals surface area contributed by atoms with Gasteiger partial charge in [0.1, 0.15) is 23.7 Å². The summed E-state index contributed by atoms with van der Waals surface area (Å²) in [5.41, 5.74) is 0.650. The second-order valence-electron chi connectivity index (χ2n) is 6.38. The van der Waals surface area contributed by atoms with Crippen LogP contribution in [0.5, 0.6) is 11.5 Å². The van der Waals surface area contributed by atoms with Gasteiger partial charge in [-0.3, -0.25) is 9.89 Å². The van der Waals surface area contributed by atoms with Crippen LogP contribution in [0.3, 0.4) is 0 Å². The zero-order valence-electron chi connectivity index (χ0n) is 14.3. The second kappa shape index (κ2) is 7.39. The van der Waals surface area contributed by atoms with Gasteiger partial charge in [-0.15, -0.1) is 0 Å². The molecule has 2 aromatic carbocycles. The molecule has 6 heteroatoms. The molecule has 0 radical (unpaired) electrons. The number of para-hydroxylation sites is 1. The van der Waals surface area contributed by atoms with Crippen LogP contribution in [0, 0.1) is 0 Å². The van der Waals surface area contributed by atoms with Gasteiger partial charge in [0.05, 0.1) is 0 Å². The van der Waals surface area contributed by atoms with E-state index in [1.165, 1.54) is 6.33 Å². The number of carbonyl (C=O) groups excluding carboxylic acids is 1. The Morgan fingerprint density at radius 1 is 1.04 bits per heavy atom. The minimum Gasteiger partial charge on any atom is -0.457 e. The third kappa shape index (κ3) is 3.59. The van der Waals surface area contributed by atoms with Crippen LogP contribution in [-0.2, 0) is 0 Å². The molecule has 1 aromatic heterocycles. The first kappa shape index (κ1) is 16.3. The molecule has 6 nitrogen and oxygen atoms in total. The van der Waals surface area contributed by atoms with Crippen LogP contribution in [0.4, 0.5) is 0 Å². The molecular formula is C20H20N4O2. The number of carbonyl (C=O) groups is 1. The lowest BCUT2D eigenvalue weighted by Crippen LogP contribution is -2.38. The third-order valence-corrected chi connectivity index (χ3v) is 4.66. The van der Waals surface area contributed by atoms with Crippen LogP contribution in [0.25, 0.3) is 0 Å². The number of amides is 1. The number of nitrogens with one attached hydrogen (secondary N) is 1. The molecule has 1 N–H and O–H groups in total. The lowest BCUT2D eigenvalue weighted by Gasteiger charge is -2.31. The smallest absolute Gasteiger partial charge is 0.253 e. The standard InChI is InChI=1S/C20H20N4O2/c25-20(24-11-9-15(10-12-24)19-21-14-22-23-19)16-5-4-8-18(13-16)26-17-6-2-1-3-7-17/h1-8,13-15H,9-12H2,(H,21,22,23). The number of aromatic amines is 1. The number of rotatable bonds is 4. The maximum atomic E-state index is 12.8. The summed E-state index contributed by atoms with van der Waals surface area (Å²) in [6.45, 7) is 1.43. The third-order valence-electron chi connectivity index (χ3n) is 4.66. The number of nitrogens with zero attached hydrogens (tertiary/aromatic N) is 3. The fourth-order valence-corrected chi connectivity index (χ4v) is 3.27. The van der Waals surface area contributed by atoms with E-state index in [1.54, 1.807) is 6.07 Å². The molecule has 1 saturated heterocycles. The molecule has 1 fully saturated rings. The fraction of sp³-hybridized carbons (Fsp3) is 0.250. The highest BCUT2D eigenvalue weighted by atomic mass is 16.5. The lowest BCUT2D eigenvalue weighted by atomic mass is 9.95. The number of aromatic nitrogens is 3. The van der Waals surface area contributed by atoms with E-state index < -0.39 is 0 Å². The van der Waals surface area contributed by atoms with Gasteiger partial charge < -0.3 is 9.64 Å². The van der Waals surface area contributed by atoms with Gasteiger partial charge in [-0.2, -0.15) is 5.10 Å². The number of likely N-dealkylation sites (tertiary alicyclic amines) is 1. The normalized spacial score (nSPS) is 15.0. The van der Waals surface area contributed by atoms with Crippen LogP contribution in [0.1, 0.15) is 34.9 Å². The summed E-state index contributed by atoms with van der Waals surface area (Å²) in [7, 11) is 0. The summed E-state index contributed by atoms with van der Waals surface area (Å²) in [6, 6.07) is 16.9. The topological polar surface area (TPSA) is 71.1 Å². The molecule has 0 bridgehead atoms. The first-order valence-corrected chi connectivity index (χ1v) is 8.77. The summed E-state index contributed by atoms with van der Waals surface area (Å²) in [5, 5.41) is 6.84. The van der Waals surface area contributed by atoms with E-state index >= 15 is 0 Å². The van der Waals surface area contributed by atoms with Gasteiger partial charge in [0.25, 0.3) is 5.91 Å². The van der Waals surface area contributed by atoms with Crippen LogP contribution in [0.2, 0.25) is 0 Å². The first-order valence-electron chi connectivity index (χ1n) is 8.77. The van der Waals surface area contributed by atoms with Crippen molar-refractivity contribution in [3.63, 3.8) is 0 Å². The molecule has 132 valence electrons. The quantitative estimate of drug-likeness (QED) is 0.782. The van der Waals surface area contributed by atoms with E-state index in [1.807, 2.05) is 53.4 Å². The number of ether oxygens (including phenoxy) is 1. The van der Waals surface area contributed by atoms with Gasteiger partial charge in [0.15, 0.2) is 0 Å². The Morgan fingerprint density at radius 2 is 1.81 bits per heavy atom. The molecule has 0 saturated carbocycles. The Labute approximate surface area is 151 Å². The number of piperidine rings is 1. The highest BCUT2D eigenvalue weighted by molar-refractivity contribution is 5.94. The van der Waals surface area contributed by atoms with Crippen LogP contribution >= 0.6 is 0 Å². The maximum absolute atomic E-state index is 12.8. The van der Waals surface area contributed by atoms with Crippen molar-refractivity contribution in [2.24, 2.45) is 0 Å². The summed E-state index contributed by atoms with van der Waals surface area (Å²) in [5.74, 6) is 2.72. The largest absolute Gasteiger partial charge is 0.457 e. The van der Waals surface area contributed by atoms with Crippen molar-refractivity contribution in [2.75, 3.05) is 13.1 Å². The maximum Gasteiger partial charge on any atom is 0.253 e. The Hall–Kier alpha value is -3.15. The molecule has 4 rings (SSSR count). The average Bonchev–Trinajstić information content (AvgIpc) is 3.23. The van der Waals surface area contributed by atoms with Gasteiger partial charge >= 0.3 is 0 Å². The molecule has 2 heterocycles. The van der Waals surface area contributed by atoms with Gasteiger partial charge in [0.2, 0.25) is 0 Å². The average molecular weight is 348 g/mol. The van der Waals surface area contributed by atoms with E-state index in [4.69, 9.17) is 4.74 Å². The van der Waals surface area contributed by atoms with Crippen molar-refractivity contribution >= 4 is 5.91 Å². The molecule has 26 heavy (non-hydrogen) atoms. The Balaban J connectivity index is 1.41. The zero-order valence-corrected chi connectivity index (χ0v) is 14.3. The van der Waals surface area contributed by atoms with Gasteiger partial charge in [-0.1, -0.05) is 24.3 Å². The molecule has 0 atom stereocenters. The van der Waals surface area contributed by atoms with E-state index in [0.29, 0.717) is 30.3 Å². The number of H-pyrrole nitrogens is 1. The predicted molar refractivity (Wildman–Crippen MR) is 97.2 cm³/mol. The van der Waals surface area contributed by atoms with E-state index in [9.17, 15) is 4.79 Å². The van der Waals surface area contributed by atoms with Crippen molar-refractivity contribution in [3.8, 4) is 11.5 Å². The first-order chi connectivity index (χ1) is 12.8. The fourth-order valence-electron chi connectivity index (χ4n) is 3.27. The van der Waals surface area contributed by atoms with E-state index in [-0.39, 0.29) is 5.91 Å². The van der Waals surface area contributed by atoms with Gasteiger partial charge in [-0.05, 0) is 43.2 Å². The molecule has 0 spiro atoms. The van der Waals surface area contributed by atoms with Crippen LogP contribution < -0.4 is 4.74 Å². The van der Waals surface area contributed by atoms with Crippen molar-refractivity contribution in [1.82, 2.24) is 20.1 Å². The second-order valence-corrected chi connectivity index (χ2v) is 6.38. The molecular weight excluding hydrogens is 328 g/mol. The monoisotopic (exact) mass is 348 g/mol. The van der Waals surface area contributed by atoms with Gasteiger partial charge in [0, 0.05) is 24.6 Å². The molecule has 1 amide bonds. The summed E-state index contributed by atoms with van der Waals surface area (Å²) in [4.78, 5) is 19.0. The molecule has 1 aliphatic rings. The SMILES string of the molecule is O=C(c1cccc(Oc2ccccc2)c1)N1CCC(c2ncn[nH]2)CC1. The van der Waals surface area contributed by atoms with Crippen molar-refractivity contribution < 1.29 is 9.53 Å². The van der Waals surface area contributed by atoms with Crippen molar-refractivity contribution in [2.45, 2.75) is 18.8 Å². The van der Waals surface area contributed by atoms with Crippen molar-refractivity contribution in [1.29, 1.82) is 0 Å². The van der Waals surface area contributed by atoms with Gasteiger partial charge in [-0.25, -0.2) is 4.98 Å². The minimum absolute atomic E-state index is 0.0412. The molecule has 1 aliphatic heterocycles. The minimum atomic E-state index is 0.0412. The number of hydrogen-bond acceptors (Lipinski definition) is 4. The summed E-state index contributed by atoms with van der Waals surface area (Å²) < 4.78 is 5.83. The van der Waals surface area contributed by atoms with Crippen molar-refractivity contribution in [3.05, 3.63) is 72.3 Å². The Kier molecular flexibility index (Phi) is 4.64. The molecule has 0 aliphatic carbocycles. The van der Waals surface area contributed by atoms with Crippen LogP contribution in [0.15, 0.2) is 60.9 Å². The summed E-state index contributed by atoms with van der Waals surface area (Å²) >= 11 is 0. The van der Waals surface area contributed by atoms with E-state index in [0.717, 1.165) is 24.4 Å². The lowest BCUT2D eigenvalue weighted by molar-refractivity contribution is 0.0711. The molecule has 3 aromatic rings. The Morgan fingerprint density at radius 3 is 2.54 bits per heavy atom. The number of hydrogen-bond donors (Lipinski definition) is 1. The zero-order chi connectivity index (χ0) is 17.8. The predicted octanol–water partition coefficient (Wildman–Crippen LogP) is 3.62. The van der Waals surface area contributed by atoms with Crippen LogP contribution in [-0.4, -0.2) is 39.1 Å². The summed E-state index contributed by atoms with van der Waals surface area (Å²) in [6.07, 6.45) is 3.31.